The lowest BCUT2D eigenvalue weighted by molar-refractivity contribution is 0.0879. The summed E-state index contributed by atoms with van der Waals surface area (Å²) < 4.78 is 18.3. The van der Waals surface area contributed by atoms with Gasteiger partial charge in [-0.3, -0.25) is 14.9 Å². The van der Waals surface area contributed by atoms with Crippen LogP contribution in [0.5, 0.6) is 0 Å². The summed E-state index contributed by atoms with van der Waals surface area (Å²) in [6.07, 6.45) is 10.5. The van der Waals surface area contributed by atoms with Crippen LogP contribution in [0.2, 0.25) is 0 Å². The van der Waals surface area contributed by atoms with Crippen LogP contribution in [0.4, 0.5) is 15.9 Å². The van der Waals surface area contributed by atoms with Crippen molar-refractivity contribution >= 4 is 29.0 Å². The number of imide groups is 1. The summed E-state index contributed by atoms with van der Waals surface area (Å²) in [6.45, 7) is 6.03. The molecule has 3 saturated heterocycles. The summed E-state index contributed by atoms with van der Waals surface area (Å²) in [7, 11) is 0. The maximum Gasteiger partial charge on any atom is 0.259 e. The molecule has 3 fully saturated rings. The highest BCUT2D eigenvalue weighted by atomic mass is 19.1. The van der Waals surface area contributed by atoms with Gasteiger partial charge in [0, 0.05) is 74.9 Å². The van der Waals surface area contributed by atoms with Crippen molar-refractivity contribution in [3.05, 3.63) is 102 Å². The quantitative estimate of drug-likeness (QED) is 0.240. The molecule has 2 amide bonds. The number of hydrogen-bond acceptors (Lipinski definition) is 7. The first-order valence-corrected chi connectivity index (χ1v) is 17.0. The monoisotopic (exact) mass is 644 g/mol. The number of nitrogens with one attached hydrogen (secondary N) is 1. The number of piperidine rings is 1. The zero-order chi connectivity index (χ0) is 32.4. The molecule has 1 N–H and O–H groups in total. The van der Waals surface area contributed by atoms with Crippen LogP contribution < -0.4 is 15.1 Å². The minimum atomic E-state index is -0.306. The van der Waals surface area contributed by atoms with Gasteiger partial charge in [0.05, 0.1) is 29.1 Å². The molecule has 0 aliphatic carbocycles. The highest BCUT2D eigenvalue weighted by Crippen LogP contribution is 2.36. The van der Waals surface area contributed by atoms with Gasteiger partial charge < -0.3 is 19.3 Å². The third-order valence-electron chi connectivity index (χ3n) is 10.7. The Kier molecular flexibility index (Phi) is 7.03. The van der Waals surface area contributed by atoms with Gasteiger partial charge in [-0.25, -0.2) is 13.9 Å². The van der Waals surface area contributed by atoms with Gasteiger partial charge >= 0.3 is 0 Å². The first-order chi connectivity index (χ1) is 23.5. The van der Waals surface area contributed by atoms with Crippen molar-refractivity contribution < 1.29 is 14.0 Å². The van der Waals surface area contributed by atoms with Crippen LogP contribution in [0.25, 0.3) is 16.9 Å². The molecule has 4 aliphatic heterocycles. The molecule has 7 heterocycles. The topological polar surface area (TPSA) is 91.0 Å². The number of hydrogen-bond donors (Lipinski definition) is 1. The first-order valence-electron chi connectivity index (χ1n) is 17.0. The van der Waals surface area contributed by atoms with E-state index in [0.29, 0.717) is 23.1 Å². The lowest BCUT2D eigenvalue weighted by atomic mass is 9.95. The van der Waals surface area contributed by atoms with E-state index in [4.69, 9.17) is 5.10 Å². The molecule has 0 unspecified atom stereocenters. The van der Waals surface area contributed by atoms with Crippen LogP contribution >= 0.6 is 0 Å². The summed E-state index contributed by atoms with van der Waals surface area (Å²) in [5, 5.41) is 7.42. The minimum absolute atomic E-state index is 0.106. The van der Waals surface area contributed by atoms with Crippen molar-refractivity contribution in [2.75, 3.05) is 49.1 Å². The number of nitrogens with zero attached hydrogens (tertiary/aromatic N) is 7. The molecule has 5 aromatic rings. The Morgan fingerprint density at radius 3 is 2.60 bits per heavy atom. The van der Waals surface area contributed by atoms with Gasteiger partial charge in [-0.2, -0.15) is 0 Å². The number of benzene rings is 2. The van der Waals surface area contributed by atoms with Gasteiger partial charge in [0.1, 0.15) is 11.6 Å². The fourth-order valence-electron chi connectivity index (χ4n) is 8.12. The number of halogens is 1. The molecule has 9 rings (SSSR count). The predicted molar refractivity (Wildman–Crippen MR) is 181 cm³/mol. The second-order valence-corrected chi connectivity index (χ2v) is 13.7. The number of carbonyl (C=O) groups is 2. The minimum Gasteiger partial charge on any atom is -0.371 e. The van der Waals surface area contributed by atoms with E-state index in [9.17, 15) is 14.0 Å². The fraction of sp³-hybridized carbons (Fsp3) is 0.351. The van der Waals surface area contributed by atoms with Gasteiger partial charge in [-0.05, 0) is 79.8 Å². The van der Waals surface area contributed by atoms with E-state index in [-0.39, 0.29) is 23.7 Å². The number of aromatic nitrogens is 4. The highest BCUT2D eigenvalue weighted by molar-refractivity contribution is 6.21. The molecule has 0 radical (unpaired) electrons. The molecule has 0 bridgehead atoms. The molecule has 0 spiro atoms. The van der Waals surface area contributed by atoms with Gasteiger partial charge in [0.25, 0.3) is 11.8 Å². The third-order valence-corrected chi connectivity index (χ3v) is 10.7. The number of fused-ring (bicyclic) bond motifs is 2. The molecule has 48 heavy (non-hydrogen) atoms. The van der Waals surface area contributed by atoms with E-state index in [1.165, 1.54) is 6.07 Å². The van der Waals surface area contributed by atoms with E-state index in [0.717, 1.165) is 98.9 Å². The molecule has 2 aromatic carbocycles. The van der Waals surface area contributed by atoms with Crippen molar-refractivity contribution in [2.45, 2.75) is 37.8 Å². The molecular weight excluding hydrogens is 607 g/mol. The third kappa shape index (κ3) is 5.13. The lowest BCUT2D eigenvalue weighted by Crippen LogP contribution is -2.52. The fourth-order valence-corrected chi connectivity index (χ4v) is 8.12. The van der Waals surface area contributed by atoms with Gasteiger partial charge in [-0.15, -0.1) is 5.10 Å². The van der Waals surface area contributed by atoms with Crippen molar-refractivity contribution in [3.63, 3.8) is 0 Å². The number of carbonyl (C=O) groups excluding carboxylic acids is 2. The van der Waals surface area contributed by atoms with Crippen LogP contribution in [0.3, 0.4) is 0 Å². The summed E-state index contributed by atoms with van der Waals surface area (Å²) >= 11 is 0. The second kappa shape index (κ2) is 11.6. The number of likely N-dealkylation sites (tertiary alicyclic amines) is 1. The molecule has 11 heteroatoms. The Morgan fingerprint density at radius 1 is 0.896 bits per heavy atom. The summed E-state index contributed by atoms with van der Waals surface area (Å²) in [6, 6.07) is 19.3. The van der Waals surface area contributed by atoms with Crippen molar-refractivity contribution in [1.82, 2.24) is 29.4 Å². The standard InChI is InChI=1S/C37H37FN8O2/c38-27-4-1-3-25(17-27)32-5-2-13-45(32)35-9-8-34-39-19-33(46(34)41-35)26-10-16-43(23-26)28-11-14-42(15-12-28)20-24-21-44(22-24)29-6-7-30-31(18-29)37(48)40-36(30)47/h1,3-4,6-10,16-19,23-24,28,32H,2,5,11-15,20-22H2,(H,40,47,48)/t32-/m1/s1. The second-order valence-electron chi connectivity index (χ2n) is 13.7. The number of amides is 2. The average Bonchev–Trinajstić information content (AvgIpc) is 3.89. The van der Waals surface area contributed by atoms with Gasteiger partial charge in [0.2, 0.25) is 0 Å². The van der Waals surface area contributed by atoms with Gasteiger partial charge in [0.15, 0.2) is 5.65 Å². The van der Waals surface area contributed by atoms with Crippen molar-refractivity contribution in [3.8, 4) is 11.3 Å². The van der Waals surface area contributed by atoms with Crippen LogP contribution in [0.1, 0.15) is 64.0 Å². The predicted octanol–water partition coefficient (Wildman–Crippen LogP) is 5.34. The molecule has 4 aliphatic rings. The number of anilines is 2. The van der Waals surface area contributed by atoms with Crippen LogP contribution in [-0.4, -0.2) is 75.1 Å². The molecule has 244 valence electrons. The average molecular weight is 645 g/mol. The number of rotatable bonds is 7. The largest absolute Gasteiger partial charge is 0.371 e. The van der Waals surface area contributed by atoms with Crippen molar-refractivity contribution in [2.24, 2.45) is 5.92 Å². The Labute approximate surface area is 277 Å². The van der Waals surface area contributed by atoms with E-state index in [1.54, 1.807) is 18.2 Å². The van der Waals surface area contributed by atoms with Crippen LogP contribution in [-0.2, 0) is 0 Å². The maximum absolute atomic E-state index is 14.0. The van der Waals surface area contributed by atoms with E-state index in [2.05, 4.69) is 48.0 Å². The normalized spacial score (nSPS) is 20.5. The maximum atomic E-state index is 14.0. The Hall–Kier alpha value is -5.03. The van der Waals surface area contributed by atoms with E-state index < -0.39 is 0 Å². The summed E-state index contributed by atoms with van der Waals surface area (Å²) in [5.74, 6) is 0.668. The summed E-state index contributed by atoms with van der Waals surface area (Å²) in [5.41, 5.74) is 5.83. The molecule has 0 saturated carbocycles. The Balaban J connectivity index is 0.826. The van der Waals surface area contributed by atoms with Crippen LogP contribution in [0.15, 0.2) is 79.3 Å². The van der Waals surface area contributed by atoms with E-state index in [1.807, 2.05) is 41.0 Å². The molecular formula is C37H37FN8O2. The van der Waals surface area contributed by atoms with Gasteiger partial charge in [-0.1, -0.05) is 12.1 Å². The summed E-state index contributed by atoms with van der Waals surface area (Å²) in [4.78, 5) is 35.8. The Bertz CT molecular complexity index is 2040. The van der Waals surface area contributed by atoms with Crippen molar-refractivity contribution in [1.29, 1.82) is 0 Å². The van der Waals surface area contributed by atoms with E-state index >= 15 is 0 Å². The first kappa shape index (κ1) is 29.1. The lowest BCUT2D eigenvalue weighted by Gasteiger charge is -2.44. The zero-order valence-corrected chi connectivity index (χ0v) is 26.6. The smallest absolute Gasteiger partial charge is 0.259 e. The van der Waals surface area contributed by atoms with Crippen LogP contribution in [0, 0.1) is 11.7 Å². The molecule has 10 nitrogen and oxygen atoms in total. The SMILES string of the molecule is O=C1NC(=O)c2cc(N3CC(CN4CCC(n5ccc(-c6cnc7ccc(N8CCC[C@@H]8c8cccc(F)c8)nn67)c5)CC4)C3)ccc21. The number of imidazole rings is 1. The molecule has 1 atom stereocenters. The Morgan fingerprint density at radius 2 is 1.75 bits per heavy atom. The highest BCUT2D eigenvalue weighted by Gasteiger charge is 2.33. The molecule has 3 aromatic heterocycles. The zero-order valence-electron chi connectivity index (χ0n) is 26.6.